The number of rotatable bonds is 9. The van der Waals surface area contributed by atoms with Crippen molar-refractivity contribution in [2.75, 3.05) is 18.5 Å². The second kappa shape index (κ2) is 9.43. The number of benzene rings is 1. The Balaban J connectivity index is 1.47. The maximum Gasteiger partial charge on any atom is 0.348 e. The lowest BCUT2D eigenvalue weighted by Gasteiger charge is -2.05. The zero-order valence-corrected chi connectivity index (χ0v) is 16.6. The summed E-state index contributed by atoms with van der Waals surface area (Å²) in [6, 6.07) is 11.2. The number of hydrogen-bond acceptors (Lipinski definition) is 7. The fraction of sp³-hybridized carbons (Fsp3) is 0.250. The number of esters is 1. The minimum Gasteiger partial charge on any atom is -0.461 e. The van der Waals surface area contributed by atoms with Gasteiger partial charge in [-0.3, -0.25) is 4.79 Å². The molecule has 0 unspecified atom stereocenters. The Hall–Kier alpha value is -2.51. The van der Waals surface area contributed by atoms with Crippen LogP contribution in [0.1, 0.15) is 43.8 Å². The van der Waals surface area contributed by atoms with E-state index in [0.29, 0.717) is 34.5 Å². The molecule has 7 heteroatoms. The molecule has 5 nitrogen and oxygen atoms in total. The number of carbonyl (C=O) groups is 2. The highest BCUT2D eigenvalue weighted by Gasteiger charge is 2.15. The highest BCUT2D eigenvalue weighted by atomic mass is 32.1. The van der Waals surface area contributed by atoms with E-state index in [-0.39, 0.29) is 11.8 Å². The van der Waals surface area contributed by atoms with E-state index in [1.54, 1.807) is 12.3 Å². The maximum absolute atomic E-state index is 12.7. The predicted molar refractivity (Wildman–Crippen MR) is 109 cm³/mol. The third-order valence-electron chi connectivity index (χ3n) is 3.93. The summed E-state index contributed by atoms with van der Waals surface area (Å²) in [4.78, 5) is 29.9. The van der Waals surface area contributed by atoms with Crippen molar-refractivity contribution in [1.82, 2.24) is 4.98 Å². The number of nitrogens with zero attached hydrogens (tertiary/aromatic N) is 1. The number of anilines is 1. The second-order valence-electron chi connectivity index (χ2n) is 5.76. The van der Waals surface area contributed by atoms with Gasteiger partial charge in [0.05, 0.1) is 17.7 Å². The van der Waals surface area contributed by atoms with E-state index < -0.39 is 0 Å². The topological polar surface area (TPSA) is 68.3 Å². The molecule has 27 heavy (non-hydrogen) atoms. The number of ketones is 1. The van der Waals surface area contributed by atoms with Crippen LogP contribution in [0, 0.1) is 0 Å². The van der Waals surface area contributed by atoms with E-state index in [1.165, 1.54) is 22.7 Å². The molecule has 0 bridgehead atoms. The van der Waals surface area contributed by atoms with E-state index in [4.69, 9.17) is 4.74 Å². The molecule has 3 rings (SSSR count). The molecule has 140 valence electrons. The Morgan fingerprint density at radius 3 is 2.78 bits per heavy atom. The molecule has 1 N–H and O–H groups in total. The van der Waals surface area contributed by atoms with Crippen LogP contribution >= 0.6 is 22.7 Å². The van der Waals surface area contributed by atoms with Crippen molar-refractivity contribution in [3.63, 3.8) is 0 Å². The lowest BCUT2D eigenvalue weighted by molar-refractivity contribution is 0.0509. The van der Waals surface area contributed by atoms with Crippen LogP contribution < -0.4 is 5.32 Å². The van der Waals surface area contributed by atoms with Gasteiger partial charge in [0.15, 0.2) is 5.13 Å². The molecular formula is C20H20N2O3S2. The van der Waals surface area contributed by atoms with Crippen LogP contribution in [0.25, 0.3) is 0 Å². The van der Waals surface area contributed by atoms with Crippen molar-refractivity contribution in [1.29, 1.82) is 0 Å². The van der Waals surface area contributed by atoms with Crippen molar-refractivity contribution < 1.29 is 14.3 Å². The number of hydrogen-bond donors (Lipinski definition) is 1. The standard InChI is InChI=1S/C20H20N2O3S2/c1-2-14-7-3-4-8-15(14)18(23)17-13-22-20(27-17)21-10-6-11-25-19(24)16-9-5-12-26-16/h3-5,7-9,12-13H,2,6,10-11H2,1H3,(H,21,22). The average Bonchev–Trinajstić information content (AvgIpc) is 3.39. The number of carbonyl (C=O) groups excluding carboxylic acids is 2. The van der Waals surface area contributed by atoms with Crippen LogP contribution in [0.5, 0.6) is 0 Å². The minimum absolute atomic E-state index is 0.00266. The van der Waals surface area contributed by atoms with Gasteiger partial charge in [-0.25, -0.2) is 9.78 Å². The Kier molecular flexibility index (Phi) is 6.73. The van der Waals surface area contributed by atoms with E-state index in [1.807, 2.05) is 42.6 Å². The molecule has 0 aliphatic heterocycles. The van der Waals surface area contributed by atoms with Crippen LogP contribution in [-0.4, -0.2) is 29.9 Å². The lowest BCUT2D eigenvalue weighted by Crippen LogP contribution is -2.09. The van der Waals surface area contributed by atoms with Crippen molar-refractivity contribution in [2.24, 2.45) is 0 Å². The van der Waals surface area contributed by atoms with Crippen molar-refractivity contribution >= 4 is 39.6 Å². The molecule has 3 aromatic rings. The predicted octanol–water partition coefficient (Wildman–Crippen LogP) is 4.66. The summed E-state index contributed by atoms with van der Waals surface area (Å²) in [5.41, 5.74) is 1.77. The summed E-state index contributed by atoms with van der Waals surface area (Å²) in [5, 5.41) is 5.71. The van der Waals surface area contributed by atoms with Crippen LogP contribution in [-0.2, 0) is 11.2 Å². The van der Waals surface area contributed by atoms with E-state index in [2.05, 4.69) is 10.3 Å². The molecule has 2 heterocycles. The van der Waals surface area contributed by atoms with Gasteiger partial charge in [0, 0.05) is 12.1 Å². The Labute approximate surface area is 166 Å². The zero-order chi connectivity index (χ0) is 19.1. The van der Waals surface area contributed by atoms with Gasteiger partial charge in [0.25, 0.3) is 0 Å². The van der Waals surface area contributed by atoms with Crippen molar-refractivity contribution in [2.45, 2.75) is 19.8 Å². The molecule has 2 aromatic heterocycles. The first-order chi connectivity index (χ1) is 13.2. The third kappa shape index (κ3) is 5.02. The van der Waals surface area contributed by atoms with Crippen molar-refractivity contribution in [3.8, 4) is 0 Å². The summed E-state index contributed by atoms with van der Waals surface area (Å²) >= 11 is 2.71. The van der Waals surface area contributed by atoms with Gasteiger partial charge in [-0.05, 0) is 29.9 Å². The molecule has 0 saturated heterocycles. The van der Waals surface area contributed by atoms with Gasteiger partial charge >= 0.3 is 5.97 Å². The fourth-order valence-electron chi connectivity index (χ4n) is 2.54. The van der Waals surface area contributed by atoms with Crippen LogP contribution in [0.2, 0.25) is 0 Å². The maximum atomic E-state index is 12.7. The van der Waals surface area contributed by atoms with E-state index in [9.17, 15) is 9.59 Å². The Morgan fingerprint density at radius 2 is 2.00 bits per heavy atom. The van der Waals surface area contributed by atoms with Crippen molar-refractivity contribution in [3.05, 3.63) is 68.9 Å². The number of thiophene rings is 1. The Bertz CT molecular complexity index is 904. The molecule has 0 fully saturated rings. The van der Waals surface area contributed by atoms with Crippen LogP contribution in [0.4, 0.5) is 5.13 Å². The first-order valence-corrected chi connectivity index (χ1v) is 10.4. The van der Waals surface area contributed by atoms with Gasteiger partial charge in [0.1, 0.15) is 4.88 Å². The minimum atomic E-state index is -0.290. The highest BCUT2D eigenvalue weighted by Crippen LogP contribution is 2.23. The summed E-state index contributed by atoms with van der Waals surface area (Å²) < 4.78 is 5.21. The first-order valence-electron chi connectivity index (χ1n) is 8.72. The number of nitrogens with one attached hydrogen (secondary N) is 1. The number of thiazole rings is 1. The van der Waals surface area contributed by atoms with E-state index >= 15 is 0 Å². The van der Waals surface area contributed by atoms with Gasteiger partial charge in [-0.15, -0.1) is 11.3 Å². The van der Waals surface area contributed by atoms with Crippen LogP contribution in [0.15, 0.2) is 48.0 Å². The number of ether oxygens (including phenoxy) is 1. The smallest absolute Gasteiger partial charge is 0.348 e. The third-order valence-corrected chi connectivity index (χ3v) is 5.73. The monoisotopic (exact) mass is 400 g/mol. The Morgan fingerprint density at radius 1 is 1.15 bits per heavy atom. The molecule has 0 radical (unpaired) electrons. The largest absolute Gasteiger partial charge is 0.461 e. The number of aryl methyl sites for hydroxylation is 1. The van der Waals surface area contributed by atoms with Gasteiger partial charge in [-0.1, -0.05) is 48.6 Å². The summed E-state index contributed by atoms with van der Waals surface area (Å²) in [6.45, 7) is 2.99. The second-order valence-corrected chi connectivity index (χ2v) is 7.74. The molecule has 0 saturated carbocycles. The average molecular weight is 401 g/mol. The van der Waals surface area contributed by atoms with E-state index in [0.717, 1.165) is 17.5 Å². The number of aromatic nitrogens is 1. The van der Waals surface area contributed by atoms with Gasteiger partial charge in [0.2, 0.25) is 5.78 Å². The molecule has 0 amide bonds. The van der Waals surface area contributed by atoms with Gasteiger partial charge < -0.3 is 10.1 Å². The quantitative estimate of drug-likeness (QED) is 0.321. The summed E-state index contributed by atoms with van der Waals surface area (Å²) in [7, 11) is 0. The lowest BCUT2D eigenvalue weighted by atomic mass is 10.0. The molecule has 0 atom stereocenters. The summed E-state index contributed by atoms with van der Waals surface area (Å²) in [5.74, 6) is -0.287. The first kappa shape index (κ1) is 19.3. The normalized spacial score (nSPS) is 10.6. The molecule has 0 aliphatic rings. The molecular weight excluding hydrogens is 380 g/mol. The molecule has 1 aromatic carbocycles. The molecule has 0 aliphatic carbocycles. The zero-order valence-electron chi connectivity index (χ0n) is 14.9. The fourth-order valence-corrected chi connectivity index (χ4v) is 3.95. The summed E-state index contributed by atoms with van der Waals surface area (Å²) in [6.07, 6.45) is 3.09. The highest BCUT2D eigenvalue weighted by molar-refractivity contribution is 7.17. The van der Waals surface area contributed by atoms with Gasteiger partial charge in [-0.2, -0.15) is 0 Å². The molecule has 0 spiro atoms. The SMILES string of the molecule is CCc1ccccc1C(=O)c1cnc(NCCCOC(=O)c2cccs2)s1. The van der Waals surface area contributed by atoms with Crippen LogP contribution in [0.3, 0.4) is 0 Å².